The van der Waals surface area contributed by atoms with Crippen molar-refractivity contribution in [2.45, 2.75) is 33.1 Å². The molecule has 0 radical (unpaired) electrons. The zero-order valence-electron chi connectivity index (χ0n) is 12.2. The first-order valence-electron chi connectivity index (χ1n) is 7.23. The summed E-state index contributed by atoms with van der Waals surface area (Å²) < 4.78 is 0. The van der Waals surface area contributed by atoms with Crippen LogP contribution in [0.15, 0.2) is 24.3 Å². The molecular weight excluding hydrogens is 252 g/mol. The maximum absolute atomic E-state index is 12.2. The number of benzene rings is 1. The average molecular weight is 274 g/mol. The van der Waals surface area contributed by atoms with E-state index in [1.54, 1.807) is 18.2 Å². The predicted octanol–water partition coefficient (Wildman–Crippen LogP) is 3.54. The molecule has 0 bridgehead atoms. The number of anilines is 1. The van der Waals surface area contributed by atoms with Crippen molar-refractivity contribution < 1.29 is 9.59 Å². The molecule has 0 spiro atoms. The quantitative estimate of drug-likeness (QED) is 0.838. The van der Waals surface area contributed by atoms with E-state index in [4.69, 9.17) is 0 Å². The fraction of sp³-hybridized carbons (Fsp3) is 0.500. The van der Waals surface area contributed by atoms with Crippen molar-refractivity contribution >= 4 is 17.5 Å². The third kappa shape index (κ3) is 3.83. The highest BCUT2D eigenvalue weighted by molar-refractivity contribution is 5.96. The zero-order valence-corrected chi connectivity index (χ0v) is 12.2. The second kappa shape index (κ2) is 6.55. The molecule has 1 unspecified atom stereocenters. The lowest BCUT2D eigenvalue weighted by Gasteiger charge is -2.21. The molecule has 108 valence electrons. The summed E-state index contributed by atoms with van der Waals surface area (Å²) in [6.45, 7) is 5.37. The molecule has 1 fully saturated rings. The number of carbonyl (C=O) groups is 2. The van der Waals surface area contributed by atoms with Gasteiger partial charge >= 0.3 is 6.03 Å². The Labute approximate surface area is 120 Å². The Morgan fingerprint density at radius 3 is 2.80 bits per heavy atom. The first-order chi connectivity index (χ1) is 9.56. The first-order valence-corrected chi connectivity index (χ1v) is 7.23. The molecular formula is C16H22N2O2. The number of rotatable bonds is 2. The Morgan fingerprint density at radius 2 is 2.05 bits per heavy atom. The molecule has 1 aliphatic rings. The number of ketones is 1. The summed E-state index contributed by atoms with van der Waals surface area (Å²) in [6, 6.07) is 7.01. The summed E-state index contributed by atoms with van der Waals surface area (Å²) >= 11 is 0. The fourth-order valence-electron chi connectivity index (χ4n) is 2.48. The standard InChI is InChI=1S/C16H22N2O2/c1-12-5-4-9-18(10-8-12)16(20)17-15-7-3-6-14(11-15)13(2)19/h3,6-7,11-12H,4-5,8-10H2,1-2H3,(H,17,20). The average Bonchev–Trinajstić information content (AvgIpc) is 2.64. The van der Waals surface area contributed by atoms with E-state index in [9.17, 15) is 9.59 Å². The van der Waals surface area contributed by atoms with Crippen LogP contribution >= 0.6 is 0 Å². The molecule has 1 aliphatic heterocycles. The van der Waals surface area contributed by atoms with E-state index in [-0.39, 0.29) is 11.8 Å². The van der Waals surface area contributed by atoms with Gasteiger partial charge in [-0.1, -0.05) is 19.1 Å². The largest absolute Gasteiger partial charge is 0.325 e. The van der Waals surface area contributed by atoms with Gasteiger partial charge in [-0.3, -0.25) is 4.79 Å². The number of hydrogen-bond donors (Lipinski definition) is 1. The third-order valence-corrected chi connectivity index (χ3v) is 3.82. The number of hydrogen-bond acceptors (Lipinski definition) is 2. The second-order valence-corrected chi connectivity index (χ2v) is 5.59. The van der Waals surface area contributed by atoms with Crippen LogP contribution in [0.3, 0.4) is 0 Å². The van der Waals surface area contributed by atoms with Crippen molar-refractivity contribution in [1.29, 1.82) is 0 Å². The van der Waals surface area contributed by atoms with Crippen molar-refractivity contribution in [2.24, 2.45) is 5.92 Å². The van der Waals surface area contributed by atoms with Gasteiger partial charge in [-0.05, 0) is 44.2 Å². The Morgan fingerprint density at radius 1 is 1.25 bits per heavy atom. The van der Waals surface area contributed by atoms with Crippen molar-refractivity contribution in [1.82, 2.24) is 4.90 Å². The van der Waals surface area contributed by atoms with Gasteiger partial charge in [0.2, 0.25) is 0 Å². The van der Waals surface area contributed by atoms with Gasteiger partial charge in [0.15, 0.2) is 5.78 Å². The Bertz CT molecular complexity index is 499. The van der Waals surface area contributed by atoms with Crippen molar-refractivity contribution in [2.75, 3.05) is 18.4 Å². The van der Waals surface area contributed by atoms with E-state index >= 15 is 0 Å². The van der Waals surface area contributed by atoms with Crippen LogP contribution in [0.25, 0.3) is 0 Å². The number of urea groups is 1. The minimum Gasteiger partial charge on any atom is -0.325 e. The number of likely N-dealkylation sites (tertiary alicyclic amines) is 1. The van der Waals surface area contributed by atoms with Crippen LogP contribution in [0.5, 0.6) is 0 Å². The zero-order chi connectivity index (χ0) is 14.5. The highest BCUT2D eigenvalue weighted by Gasteiger charge is 2.18. The van der Waals surface area contributed by atoms with E-state index in [0.29, 0.717) is 17.2 Å². The summed E-state index contributed by atoms with van der Waals surface area (Å²) in [7, 11) is 0. The molecule has 4 heteroatoms. The Balaban J connectivity index is 2.00. The van der Waals surface area contributed by atoms with Crippen molar-refractivity contribution in [3.63, 3.8) is 0 Å². The molecule has 0 saturated carbocycles. The predicted molar refractivity (Wildman–Crippen MR) is 80.1 cm³/mol. The normalized spacial score (nSPS) is 19.3. The molecule has 2 rings (SSSR count). The lowest BCUT2D eigenvalue weighted by molar-refractivity contribution is 0.101. The van der Waals surface area contributed by atoms with Crippen LogP contribution in [0.1, 0.15) is 43.5 Å². The summed E-state index contributed by atoms with van der Waals surface area (Å²) in [5, 5.41) is 2.88. The smallest absolute Gasteiger partial charge is 0.321 e. The SMILES string of the molecule is CC(=O)c1cccc(NC(=O)N2CCCC(C)CC2)c1. The van der Waals surface area contributed by atoms with E-state index in [2.05, 4.69) is 12.2 Å². The van der Waals surface area contributed by atoms with Crippen molar-refractivity contribution in [3.05, 3.63) is 29.8 Å². The monoisotopic (exact) mass is 274 g/mol. The molecule has 1 atom stereocenters. The van der Waals surface area contributed by atoms with Gasteiger partial charge in [0.05, 0.1) is 0 Å². The van der Waals surface area contributed by atoms with Gasteiger partial charge in [0.25, 0.3) is 0 Å². The van der Waals surface area contributed by atoms with Crippen LogP contribution in [0, 0.1) is 5.92 Å². The molecule has 2 amide bonds. The summed E-state index contributed by atoms with van der Waals surface area (Å²) in [6.07, 6.45) is 3.30. The summed E-state index contributed by atoms with van der Waals surface area (Å²) in [5.74, 6) is 0.693. The lowest BCUT2D eigenvalue weighted by atomic mass is 10.0. The fourth-order valence-corrected chi connectivity index (χ4v) is 2.48. The van der Waals surface area contributed by atoms with Crippen LogP contribution in [-0.4, -0.2) is 29.8 Å². The molecule has 1 saturated heterocycles. The lowest BCUT2D eigenvalue weighted by Crippen LogP contribution is -2.35. The number of nitrogens with zero attached hydrogens (tertiary/aromatic N) is 1. The highest BCUT2D eigenvalue weighted by Crippen LogP contribution is 2.18. The first kappa shape index (κ1) is 14.6. The Kier molecular flexibility index (Phi) is 4.77. The number of carbonyl (C=O) groups excluding carboxylic acids is 2. The summed E-state index contributed by atoms with van der Waals surface area (Å²) in [4.78, 5) is 25.4. The number of Topliss-reactive ketones (excluding diaryl/α,β-unsaturated/α-hetero) is 1. The molecule has 0 aliphatic carbocycles. The van der Waals surface area contributed by atoms with E-state index < -0.39 is 0 Å². The molecule has 20 heavy (non-hydrogen) atoms. The van der Waals surface area contributed by atoms with E-state index in [1.165, 1.54) is 13.3 Å². The highest BCUT2D eigenvalue weighted by atomic mass is 16.2. The number of amides is 2. The molecule has 1 heterocycles. The van der Waals surface area contributed by atoms with Crippen LogP contribution in [0.4, 0.5) is 10.5 Å². The van der Waals surface area contributed by atoms with Gasteiger partial charge in [-0.2, -0.15) is 0 Å². The van der Waals surface area contributed by atoms with Gasteiger partial charge in [0.1, 0.15) is 0 Å². The van der Waals surface area contributed by atoms with Gasteiger partial charge in [0, 0.05) is 24.3 Å². The van der Waals surface area contributed by atoms with Gasteiger partial charge in [-0.15, -0.1) is 0 Å². The van der Waals surface area contributed by atoms with Crippen molar-refractivity contribution in [3.8, 4) is 0 Å². The van der Waals surface area contributed by atoms with Gasteiger partial charge in [-0.25, -0.2) is 4.79 Å². The minimum atomic E-state index is -0.0696. The maximum Gasteiger partial charge on any atom is 0.321 e. The van der Waals surface area contributed by atoms with E-state index in [1.807, 2.05) is 11.0 Å². The van der Waals surface area contributed by atoms with Crippen LogP contribution in [0.2, 0.25) is 0 Å². The molecule has 1 aromatic rings. The van der Waals surface area contributed by atoms with Crippen LogP contribution < -0.4 is 5.32 Å². The maximum atomic E-state index is 12.2. The van der Waals surface area contributed by atoms with Gasteiger partial charge < -0.3 is 10.2 Å². The molecule has 1 N–H and O–H groups in total. The third-order valence-electron chi connectivity index (χ3n) is 3.82. The molecule has 4 nitrogen and oxygen atoms in total. The topological polar surface area (TPSA) is 49.4 Å². The second-order valence-electron chi connectivity index (χ2n) is 5.59. The molecule has 1 aromatic carbocycles. The van der Waals surface area contributed by atoms with Crippen LogP contribution in [-0.2, 0) is 0 Å². The van der Waals surface area contributed by atoms with E-state index in [0.717, 1.165) is 25.9 Å². The molecule has 0 aromatic heterocycles. The Hall–Kier alpha value is -1.84. The number of nitrogens with one attached hydrogen (secondary N) is 1. The summed E-state index contributed by atoms with van der Waals surface area (Å²) in [5.41, 5.74) is 1.30. The minimum absolute atomic E-state index is 0.00435.